The van der Waals surface area contributed by atoms with E-state index < -0.39 is 0 Å². The monoisotopic (exact) mass is 198 g/mol. The first kappa shape index (κ1) is 11.7. The molecule has 0 aromatic rings. The number of unbranched alkanes of at least 4 members (excludes halogenated alkanes) is 1. The average molecular weight is 198 g/mol. The number of ketones is 1. The lowest BCUT2D eigenvalue weighted by Gasteiger charge is -2.16. The molecule has 1 saturated heterocycles. The number of hydrogen-bond acceptors (Lipinski definition) is 2. The van der Waals surface area contributed by atoms with E-state index in [4.69, 9.17) is 4.74 Å². The lowest BCUT2D eigenvalue weighted by molar-refractivity contribution is -0.127. The molecule has 0 aromatic heterocycles. The number of hydrogen-bond donors (Lipinski definition) is 0. The molecule has 0 spiro atoms. The third-order valence-electron chi connectivity index (χ3n) is 3.13. The normalized spacial score (nSPS) is 23.7. The third-order valence-corrected chi connectivity index (χ3v) is 3.13. The van der Waals surface area contributed by atoms with Crippen LogP contribution in [0.15, 0.2) is 0 Å². The van der Waals surface area contributed by atoms with Crippen LogP contribution in [0.2, 0.25) is 0 Å². The summed E-state index contributed by atoms with van der Waals surface area (Å²) < 4.78 is 5.26. The zero-order chi connectivity index (χ0) is 10.4. The highest BCUT2D eigenvalue weighted by atomic mass is 16.5. The molecule has 0 N–H and O–H groups in total. The van der Waals surface area contributed by atoms with Gasteiger partial charge in [-0.05, 0) is 19.3 Å². The van der Waals surface area contributed by atoms with Gasteiger partial charge in [0.2, 0.25) is 0 Å². The SMILES string of the molecule is CCCCC(CC)C(=O)C1CCOC1. The molecule has 1 aliphatic heterocycles. The Labute approximate surface area is 87.0 Å². The van der Waals surface area contributed by atoms with E-state index in [1.165, 1.54) is 12.8 Å². The van der Waals surface area contributed by atoms with Crippen LogP contribution in [0.4, 0.5) is 0 Å². The standard InChI is InChI=1S/C12H22O2/c1-3-5-6-10(4-2)12(13)11-7-8-14-9-11/h10-11H,3-9H2,1-2H3. The molecule has 1 fully saturated rings. The molecule has 2 nitrogen and oxygen atoms in total. The largest absolute Gasteiger partial charge is 0.381 e. The Morgan fingerprint density at radius 2 is 2.29 bits per heavy atom. The molecule has 14 heavy (non-hydrogen) atoms. The Morgan fingerprint density at radius 1 is 1.50 bits per heavy atom. The van der Waals surface area contributed by atoms with Crippen LogP contribution >= 0.6 is 0 Å². The maximum atomic E-state index is 12.0. The molecule has 0 saturated carbocycles. The highest BCUT2D eigenvalue weighted by Gasteiger charge is 2.28. The van der Waals surface area contributed by atoms with Crippen molar-refractivity contribution >= 4 is 5.78 Å². The van der Waals surface area contributed by atoms with Gasteiger partial charge in [0.1, 0.15) is 5.78 Å². The third kappa shape index (κ3) is 3.09. The summed E-state index contributed by atoms with van der Waals surface area (Å²) in [7, 11) is 0. The van der Waals surface area contributed by atoms with Crippen molar-refractivity contribution in [3.8, 4) is 0 Å². The van der Waals surface area contributed by atoms with Gasteiger partial charge in [-0.25, -0.2) is 0 Å². The van der Waals surface area contributed by atoms with Crippen molar-refractivity contribution in [2.24, 2.45) is 11.8 Å². The zero-order valence-corrected chi connectivity index (χ0v) is 9.42. The van der Waals surface area contributed by atoms with Gasteiger partial charge in [0.15, 0.2) is 0 Å². The fourth-order valence-corrected chi connectivity index (χ4v) is 2.09. The fourth-order valence-electron chi connectivity index (χ4n) is 2.09. The van der Waals surface area contributed by atoms with Crippen molar-refractivity contribution in [3.63, 3.8) is 0 Å². The van der Waals surface area contributed by atoms with Crippen molar-refractivity contribution in [2.45, 2.75) is 46.0 Å². The maximum absolute atomic E-state index is 12.0. The van der Waals surface area contributed by atoms with E-state index in [1.807, 2.05) is 0 Å². The lowest BCUT2D eigenvalue weighted by atomic mass is 9.87. The number of carbonyl (C=O) groups is 1. The molecule has 2 heteroatoms. The summed E-state index contributed by atoms with van der Waals surface area (Å²) in [5, 5.41) is 0. The first-order chi connectivity index (χ1) is 6.79. The molecule has 1 heterocycles. The minimum absolute atomic E-state index is 0.205. The predicted octanol–water partition coefficient (Wildman–Crippen LogP) is 2.81. The summed E-state index contributed by atoms with van der Waals surface area (Å²) in [6.07, 6.45) is 5.38. The highest BCUT2D eigenvalue weighted by molar-refractivity contribution is 5.83. The summed E-state index contributed by atoms with van der Waals surface area (Å²) in [6, 6.07) is 0. The second-order valence-electron chi connectivity index (χ2n) is 4.21. The molecule has 0 aromatic carbocycles. The average Bonchev–Trinajstić information content (AvgIpc) is 2.71. The van der Waals surface area contributed by atoms with Gasteiger partial charge in [-0.1, -0.05) is 26.7 Å². The van der Waals surface area contributed by atoms with Gasteiger partial charge in [0.05, 0.1) is 6.61 Å². The van der Waals surface area contributed by atoms with Crippen molar-refractivity contribution in [2.75, 3.05) is 13.2 Å². The Hall–Kier alpha value is -0.370. The van der Waals surface area contributed by atoms with Gasteiger partial charge in [-0.3, -0.25) is 4.79 Å². The number of Topliss-reactive ketones (excluding diaryl/α,β-unsaturated/α-hetero) is 1. The molecule has 2 atom stereocenters. The van der Waals surface area contributed by atoms with Crippen LogP contribution in [0.1, 0.15) is 46.0 Å². The Kier molecular flexibility index (Phi) is 5.16. The quantitative estimate of drug-likeness (QED) is 0.656. The molecule has 0 aliphatic carbocycles. The second-order valence-corrected chi connectivity index (χ2v) is 4.21. The minimum Gasteiger partial charge on any atom is -0.381 e. The van der Waals surface area contributed by atoms with Gasteiger partial charge in [0, 0.05) is 18.4 Å². The molecule has 1 aliphatic rings. The molecule has 0 bridgehead atoms. The van der Waals surface area contributed by atoms with Crippen LogP contribution in [0.5, 0.6) is 0 Å². The molecule has 0 radical (unpaired) electrons. The van der Waals surface area contributed by atoms with Crippen molar-refractivity contribution in [3.05, 3.63) is 0 Å². The van der Waals surface area contributed by atoms with Crippen LogP contribution in [0.3, 0.4) is 0 Å². The fraction of sp³-hybridized carbons (Fsp3) is 0.917. The van der Waals surface area contributed by atoms with Crippen molar-refractivity contribution in [1.29, 1.82) is 0 Å². The van der Waals surface area contributed by atoms with Crippen LogP contribution in [-0.2, 0) is 9.53 Å². The molecule has 1 rings (SSSR count). The molecular weight excluding hydrogens is 176 g/mol. The van der Waals surface area contributed by atoms with Gasteiger partial charge < -0.3 is 4.74 Å². The molecule has 2 unspecified atom stereocenters. The van der Waals surface area contributed by atoms with Crippen molar-refractivity contribution < 1.29 is 9.53 Å². The first-order valence-corrected chi connectivity index (χ1v) is 5.91. The van der Waals surface area contributed by atoms with E-state index in [-0.39, 0.29) is 5.92 Å². The van der Waals surface area contributed by atoms with Crippen LogP contribution < -0.4 is 0 Å². The van der Waals surface area contributed by atoms with E-state index in [1.54, 1.807) is 0 Å². The van der Waals surface area contributed by atoms with E-state index in [0.717, 1.165) is 25.9 Å². The Bertz CT molecular complexity index is 171. The van der Waals surface area contributed by atoms with E-state index >= 15 is 0 Å². The maximum Gasteiger partial charge on any atom is 0.141 e. The molecule has 82 valence electrons. The van der Waals surface area contributed by atoms with Gasteiger partial charge in [-0.2, -0.15) is 0 Å². The Morgan fingerprint density at radius 3 is 2.79 bits per heavy atom. The molecule has 0 amide bonds. The smallest absolute Gasteiger partial charge is 0.141 e. The van der Waals surface area contributed by atoms with E-state index in [2.05, 4.69) is 13.8 Å². The first-order valence-electron chi connectivity index (χ1n) is 5.91. The van der Waals surface area contributed by atoms with Gasteiger partial charge in [-0.15, -0.1) is 0 Å². The lowest BCUT2D eigenvalue weighted by Crippen LogP contribution is -2.23. The zero-order valence-electron chi connectivity index (χ0n) is 9.42. The van der Waals surface area contributed by atoms with Crippen LogP contribution in [0, 0.1) is 11.8 Å². The van der Waals surface area contributed by atoms with Gasteiger partial charge >= 0.3 is 0 Å². The highest BCUT2D eigenvalue weighted by Crippen LogP contribution is 2.23. The van der Waals surface area contributed by atoms with Crippen LogP contribution in [-0.4, -0.2) is 19.0 Å². The van der Waals surface area contributed by atoms with Gasteiger partial charge in [0.25, 0.3) is 0 Å². The van der Waals surface area contributed by atoms with Crippen molar-refractivity contribution in [1.82, 2.24) is 0 Å². The summed E-state index contributed by atoms with van der Waals surface area (Å²) in [5.74, 6) is 0.955. The molecular formula is C12H22O2. The second kappa shape index (κ2) is 6.18. The number of ether oxygens (including phenoxy) is 1. The number of rotatable bonds is 6. The predicted molar refractivity (Wildman–Crippen MR) is 57.2 cm³/mol. The summed E-state index contributed by atoms with van der Waals surface area (Å²) in [5.41, 5.74) is 0. The topological polar surface area (TPSA) is 26.3 Å². The van der Waals surface area contributed by atoms with E-state index in [9.17, 15) is 4.79 Å². The summed E-state index contributed by atoms with van der Waals surface area (Å²) >= 11 is 0. The Balaban J connectivity index is 2.37. The minimum atomic E-state index is 0.205. The van der Waals surface area contributed by atoms with E-state index in [0.29, 0.717) is 18.3 Å². The summed E-state index contributed by atoms with van der Waals surface area (Å²) in [4.78, 5) is 12.0. The van der Waals surface area contributed by atoms with Crippen LogP contribution in [0.25, 0.3) is 0 Å². The summed E-state index contributed by atoms with van der Waals surface area (Å²) in [6.45, 7) is 5.74. The number of carbonyl (C=O) groups excluding carboxylic acids is 1.